The van der Waals surface area contributed by atoms with Crippen molar-refractivity contribution in [3.63, 3.8) is 0 Å². The van der Waals surface area contributed by atoms with Crippen molar-refractivity contribution in [1.29, 1.82) is 0 Å². The number of esters is 1. The van der Waals surface area contributed by atoms with Gasteiger partial charge in [0, 0.05) is 38.7 Å². The third-order valence-corrected chi connectivity index (χ3v) is 6.18. The fraction of sp³-hybridized carbons (Fsp3) is 0.458. The fourth-order valence-electron chi connectivity index (χ4n) is 4.30. The lowest BCUT2D eigenvalue weighted by molar-refractivity contribution is -0.137. The Morgan fingerprint density at radius 3 is 2.41 bits per heavy atom. The van der Waals surface area contributed by atoms with E-state index in [1.807, 2.05) is 0 Å². The SMILES string of the molecule is CCOC(=O)c1ccc(CN2CC3(CCN(Cc4ccc(C(F)(F)F)cc4)CC3)OC2=O)nc1. The van der Waals surface area contributed by atoms with Crippen LogP contribution < -0.4 is 0 Å². The molecule has 0 saturated carbocycles. The molecule has 2 fully saturated rings. The number of hydrogen-bond donors (Lipinski definition) is 0. The number of carbonyl (C=O) groups excluding carboxylic acids is 2. The minimum absolute atomic E-state index is 0.277. The Bertz CT molecular complexity index is 1020. The van der Waals surface area contributed by atoms with Crippen LogP contribution >= 0.6 is 0 Å². The molecule has 0 unspecified atom stereocenters. The maximum Gasteiger partial charge on any atom is 0.416 e. The maximum atomic E-state index is 12.7. The van der Waals surface area contributed by atoms with Gasteiger partial charge in [-0.2, -0.15) is 13.2 Å². The van der Waals surface area contributed by atoms with Gasteiger partial charge in [0.2, 0.25) is 0 Å². The van der Waals surface area contributed by atoms with E-state index in [4.69, 9.17) is 9.47 Å². The first kappa shape index (κ1) is 24.0. The van der Waals surface area contributed by atoms with Crippen LogP contribution in [-0.2, 0) is 28.7 Å². The second-order valence-corrected chi connectivity index (χ2v) is 8.64. The average molecular weight is 477 g/mol. The van der Waals surface area contributed by atoms with E-state index in [2.05, 4.69) is 9.88 Å². The number of carbonyl (C=O) groups is 2. The van der Waals surface area contributed by atoms with Crippen LogP contribution in [0.2, 0.25) is 0 Å². The maximum absolute atomic E-state index is 12.7. The molecule has 3 heterocycles. The van der Waals surface area contributed by atoms with Crippen molar-refractivity contribution in [2.75, 3.05) is 26.2 Å². The molecule has 2 saturated heterocycles. The molecule has 7 nitrogen and oxygen atoms in total. The molecule has 0 N–H and O–H groups in total. The van der Waals surface area contributed by atoms with Crippen molar-refractivity contribution >= 4 is 12.1 Å². The largest absolute Gasteiger partial charge is 0.462 e. The van der Waals surface area contributed by atoms with Crippen LogP contribution in [0.1, 0.15) is 46.9 Å². The normalized spacial score (nSPS) is 18.2. The first-order valence-electron chi connectivity index (χ1n) is 11.2. The highest BCUT2D eigenvalue weighted by molar-refractivity contribution is 5.88. The summed E-state index contributed by atoms with van der Waals surface area (Å²) < 4.78 is 48.9. The molecule has 1 aromatic heterocycles. The highest BCUT2D eigenvalue weighted by Gasteiger charge is 2.46. The number of halogens is 3. The van der Waals surface area contributed by atoms with Gasteiger partial charge < -0.3 is 9.47 Å². The van der Waals surface area contributed by atoms with Crippen molar-refractivity contribution in [2.45, 2.75) is 44.6 Å². The zero-order chi connectivity index (χ0) is 24.3. The summed E-state index contributed by atoms with van der Waals surface area (Å²) in [5, 5.41) is 0. The number of amides is 1. The van der Waals surface area contributed by atoms with Gasteiger partial charge >= 0.3 is 18.2 Å². The van der Waals surface area contributed by atoms with Gasteiger partial charge in [0.05, 0.1) is 36.5 Å². The van der Waals surface area contributed by atoms with Gasteiger partial charge in [-0.05, 0) is 36.8 Å². The van der Waals surface area contributed by atoms with Gasteiger partial charge in [-0.25, -0.2) is 9.59 Å². The van der Waals surface area contributed by atoms with E-state index in [0.717, 1.165) is 17.7 Å². The second kappa shape index (κ2) is 9.61. The number of piperidine rings is 1. The minimum Gasteiger partial charge on any atom is -0.462 e. The first-order chi connectivity index (χ1) is 16.2. The van der Waals surface area contributed by atoms with Crippen molar-refractivity contribution < 1.29 is 32.2 Å². The Hall–Kier alpha value is -3.14. The van der Waals surface area contributed by atoms with Crippen LogP contribution in [0.3, 0.4) is 0 Å². The number of alkyl halides is 3. The highest BCUT2D eigenvalue weighted by Crippen LogP contribution is 2.34. The Labute approximate surface area is 195 Å². The lowest BCUT2D eigenvalue weighted by Crippen LogP contribution is -2.46. The quantitative estimate of drug-likeness (QED) is 0.579. The summed E-state index contributed by atoms with van der Waals surface area (Å²) in [5.74, 6) is -0.441. The van der Waals surface area contributed by atoms with Crippen molar-refractivity contribution in [1.82, 2.24) is 14.8 Å². The predicted molar refractivity (Wildman–Crippen MR) is 116 cm³/mol. The molecular formula is C24H26F3N3O4. The van der Waals surface area contributed by atoms with Gasteiger partial charge in [0.1, 0.15) is 5.60 Å². The molecule has 4 rings (SSSR count). The number of hydrogen-bond acceptors (Lipinski definition) is 6. The van der Waals surface area contributed by atoms with Gasteiger partial charge in [-0.1, -0.05) is 12.1 Å². The Morgan fingerprint density at radius 1 is 1.12 bits per heavy atom. The zero-order valence-electron chi connectivity index (χ0n) is 18.8. The lowest BCUT2D eigenvalue weighted by Gasteiger charge is -2.37. The molecule has 1 aromatic carbocycles. The minimum atomic E-state index is -4.34. The van der Waals surface area contributed by atoms with E-state index < -0.39 is 29.4 Å². The van der Waals surface area contributed by atoms with E-state index in [0.29, 0.717) is 50.3 Å². The Morgan fingerprint density at radius 2 is 1.82 bits per heavy atom. The molecule has 34 heavy (non-hydrogen) atoms. The Balaban J connectivity index is 1.29. The smallest absolute Gasteiger partial charge is 0.416 e. The van der Waals surface area contributed by atoms with Crippen LogP contribution in [0.4, 0.5) is 18.0 Å². The van der Waals surface area contributed by atoms with Gasteiger partial charge in [0.15, 0.2) is 0 Å². The number of rotatable bonds is 6. The second-order valence-electron chi connectivity index (χ2n) is 8.64. The molecule has 2 aliphatic heterocycles. The zero-order valence-corrected chi connectivity index (χ0v) is 18.8. The summed E-state index contributed by atoms with van der Waals surface area (Å²) in [6.07, 6.45) is -2.01. The van der Waals surface area contributed by atoms with Crippen molar-refractivity contribution in [2.24, 2.45) is 0 Å². The van der Waals surface area contributed by atoms with Crippen LogP contribution in [0, 0.1) is 0 Å². The third-order valence-electron chi connectivity index (χ3n) is 6.18. The summed E-state index contributed by atoms with van der Waals surface area (Å²) in [6, 6.07) is 8.53. The predicted octanol–water partition coefficient (Wildman–Crippen LogP) is 4.26. The molecule has 2 aliphatic rings. The number of ether oxygens (including phenoxy) is 2. The lowest BCUT2D eigenvalue weighted by atomic mass is 9.91. The highest BCUT2D eigenvalue weighted by atomic mass is 19.4. The molecule has 182 valence electrons. The van der Waals surface area contributed by atoms with Crippen LogP contribution in [-0.4, -0.2) is 58.7 Å². The van der Waals surface area contributed by atoms with Gasteiger partial charge in [-0.3, -0.25) is 14.8 Å². The summed E-state index contributed by atoms with van der Waals surface area (Å²) in [6.45, 7) is 4.63. The molecule has 0 atom stereocenters. The third kappa shape index (κ3) is 5.49. The van der Waals surface area contributed by atoms with E-state index >= 15 is 0 Å². The standard InChI is InChI=1S/C24H26F3N3O4/c1-2-33-21(31)18-5-8-20(28-13-18)15-30-16-23(34-22(30)32)9-11-29(12-10-23)14-17-3-6-19(7-4-17)24(25,26)27/h3-8,13H,2,9-12,14-16H2,1H3. The summed E-state index contributed by atoms with van der Waals surface area (Å²) >= 11 is 0. The average Bonchev–Trinajstić information content (AvgIpc) is 3.10. The molecule has 1 amide bonds. The number of likely N-dealkylation sites (tertiary alicyclic amines) is 1. The van der Waals surface area contributed by atoms with E-state index in [1.54, 1.807) is 24.0 Å². The summed E-state index contributed by atoms with van der Waals surface area (Å²) in [5.41, 5.74) is 0.579. The molecule has 2 aromatic rings. The number of aromatic nitrogens is 1. The molecule has 0 aliphatic carbocycles. The molecule has 0 bridgehead atoms. The van der Waals surface area contributed by atoms with Crippen molar-refractivity contribution in [3.8, 4) is 0 Å². The number of pyridine rings is 1. The topological polar surface area (TPSA) is 72.0 Å². The van der Waals surface area contributed by atoms with Gasteiger partial charge in [-0.15, -0.1) is 0 Å². The molecule has 1 spiro atoms. The fourth-order valence-corrected chi connectivity index (χ4v) is 4.30. The summed E-state index contributed by atoms with van der Waals surface area (Å²) in [4.78, 5) is 32.3. The molecule has 0 radical (unpaired) electrons. The first-order valence-corrected chi connectivity index (χ1v) is 11.2. The van der Waals surface area contributed by atoms with Crippen LogP contribution in [0.15, 0.2) is 42.6 Å². The van der Waals surface area contributed by atoms with Crippen LogP contribution in [0.25, 0.3) is 0 Å². The van der Waals surface area contributed by atoms with Gasteiger partial charge in [0.25, 0.3) is 0 Å². The Kier molecular flexibility index (Phi) is 6.79. The number of benzene rings is 1. The molecule has 10 heteroatoms. The van der Waals surface area contributed by atoms with E-state index in [-0.39, 0.29) is 13.2 Å². The van der Waals surface area contributed by atoms with Crippen molar-refractivity contribution in [3.05, 3.63) is 65.0 Å². The molecular weight excluding hydrogens is 451 g/mol. The number of nitrogens with zero attached hydrogens (tertiary/aromatic N) is 3. The van der Waals surface area contributed by atoms with E-state index in [9.17, 15) is 22.8 Å². The van der Waals surface area contributed by atoms with Crippen LogP contribution in [0.5, 0.6) is 0 Å². The van der Waals surface area contributed by atoms with E-state index in [1.165, 1.54) is 18.3 Å². The monoisotopic (exact) mass is 477 g/mol. The summed E-state index contributed by atoms with van der Waals surface area (Å²) in [7, 11) is 0.